The molecule has 170 valence electrons. The molecule has 0 atom stereocenters. The Morgan fingerprint density at radius 2 is 1.50 bits per heavy atom. The molecular weight excluding hydrogens is 424 g/mol. The van der Waals surface area contributed by atoms with Gasteiger partial charge in [0.1, 0.15) is 23.3 Å². The van der Waals surface area contributed by atoms with Crippen LogP contribution < -0.4 is 16.0 Å². The average Bonchev–Trinajstić information content (AvgIpc) is 2.79. The maximum Gasteiger partial charge on any atom is 0.248 e. The van der Waals surface area contributed by atoms with Crippen LogP contribution in [0.15, 0.2) is 79.0 Å². The molecule has 34 heavy (non-hydrogen) atoms. The highest BCUT2D eigenvalue weighted by Crippen LogP contribution is 2.21. The lowest BCUT2D eigenvalue weighted by Crippen LogP contribution is -2.07. The second-order valence-corrected chi connectivity index (χ2v) is 7.91. The van der Waals surface area contributed by atoms with Crippen molar-refractivity contribution in [1.29, 1.82) is 0 Å². The SMILES string of the molecule is Cc1ccnc(Nc2cc(Nc3ccc(NC(=O)/C=C/c4ccccc4C)cc3)nc(C)n2)c1. The van der Waals surface area contributed by atoms with Crippen LogP contribution in [0.1, 0.15) is 22.5 Å². The van der Waals surface area contributed by atoms with E-state index in [0.717, 1.165) is 28.2 Å². The average molecular weight is 451 g/mol. The van der Waals surface area contributed by atoms with E-state index >= 15 is 0 Å². The number of hydrogen-bond acceptors (Lipinski definition) is 6. The molecule has 2 aromatic heterocycles. The van der Waals surface area contributed by atoms with Gasteiger partial charge in [0.05, 0.1) is 0 Å². The first-order chi connectivity index (χ1) is 16.4. The Labute approximate surface area is 199 Å². The topological polar surface area (TPSA) is 91.8 Å². The van der Waals surface area contributed by atoms with Gasteiger partial charge in [0.25, 0.3) is 0 Å². The third-order valence-electron chi connectivity index (χ3n) is 5.04. The zero-order valence-electron chi connectivity index (χ0n) is 19.3. The first-order valence-corrected chi connectivity index (χ1v) is 10.9. The number of nitrogens with one attached hydrogen (secondary N) is 3. The lowest BCUT2D eigenvalue weighted by atomic mass is 10.1. The van der Waals surface area contributed by atoms with Gasteiger partial charge in [-0.05, 0) is 79.9 Å². The van der Waals surface area contributed by atoms with Gasteiger partial charge in [-0.15, -0.1) is 0 Å². The van der Waals surface area contributed by atoms with Crippen LogP contribution >= 0.6 is 0 Å². The molecular formula is C27H26N6O. The van der Waals surface area contributed by atoms with Crippen molar-refractivity contribution in [1.82, 2.24) is 15.0 Å². The summed E-state index contributed by atoms with van der Waals surface area (Å²) in [6, 6.07) is 21.1. The van der Waals surface area contributed by atoms with Crippen LogP contribution in [-0.2, 0) is 4.79 Å². The number of pyridine rings is 1. The molecule has 0 aliphatic heterocycles. The van der Waals surface area contributed by atoms with Gasteiger partial charge in [0.2, 0.25) is 5.91 Å². The second-order valence-electron chi connectivity index (χ2n) is 7.91. The van der Waals surface area contributed by atoms with E-state index in [1.807, 2.05) is 93.6 Å². The standard InChI is InChI=1S/C27H26N6O/c1-18-14-15-28-24(16-18)33-26-17-25(29-20(3)30-26)31-22-9-11-23(12-10-22)32-27(34)13-8-21-7-5-4-6-19(21)2/h4-17H,1-3H3,(H,32,34)(H2,28,29,30,31,33)/b13-8+. The van der Waals surface area contributed by atoms with Crippen LogP contribution in [0.25, 0.3) is 6.08 Å². The van der Waals surface area contributed by atoms with Crippen molar-refractivity contribution >= 4 is 40.8 Å². The normalized spacial score (nSPS) is 10.8. The van der Waals surface area contributed by atoms with Crippen molar-refractivity contribution in [2.75, 3.05) is 16.0 Å². The van der Waals surface area contributed by atoms with Crippen molar-refractivity contribution in [3.63, 3.8) is 0 Å². The monoisotopic (exact) mass is 450 g/mol. The van der Waals surface area contributed by atoms with Gasteiger partial charge < -0.3 is 16.0 Å². The first-order valence-electron chi connectivity index (χ1n) is 10.9. The minimum Gasteiger partial charge on any atom is -0.340 e. The molecule has 2 aromatic carbocycles. The molecule has 0 aliphatic rings. The summed E-state index contributed by atoms with van der Waals surface area (Å²) in [7, 11) is 0. The molecule has 0 radical (unpaired) electrons. The summed E-state index contributed by atoms with van der Waals surface area (Å²) in [5.74, 6) is 2.47. The molecule has 0 spiro atoms. The maximum absolute atomic E-state index is 12.3. The Morgan fingerprint density at radius 1 is 0.794 bits per heavy atom. The van der Waals surface area contributed by atoms with E-state index in [1.54, 1.807) is 6.20 Å². The number of aromatic nitrogens is 3. The lowest BCUT2D eigenvalue weighted by molar-refractivity contribution is -0.111. The van der Waals surface area contributed by atoms with Gasteiger partial charge in [0.15, 0.2) is 0 Å². The summed E-state index contributed by atoms with van der Waals surface area (Å²) in [5.41, 5.74) is 4.79. The van der Waals surface area contributed by atoms with E-state index in [4.69, 9.17) is 0 Å². The van der Waals surface area contributed by atoms with Crippen LogP contribution in [0.5, 0.6) is 0 Å². The number of anilines is 5. The summed E-state index contributed by atoms with van der Waals surface area (Å²) in [5, 5.41) is 9.37. The summed E-state index contributed by atoms with van der Waals surface area (Å²) in [6.45, 7) is 5.86. The summed E-state index contributed by atoms with van der Waals surface area (Å²) >= 11 is 0. The summed E-state index contributed by atoms with van der Waals surface area (Å²) in [6.07, 6.45) is 5.11. The quantitative estimate of drug-likeness (QED) is 0.302. The molecule has 0 unspecified atom stereocenters. The smallest absolute Gasteiger partial charge is 0.248 e. The van der Waals surface area contributed by atoms with Gasteiger partial charge >= 0.3 is 0 Å². The molecule has 7 nitrogen and oxygen atoms in total. The number of carbonyl (C=O) groups is 1. The van der Waals surface area contributed by atoms with Crippen molar-refractivity contribution in [2.24, 2.45) is 0 Å². The van der Waals surface area contributed by atoms with E-state index < -0.39 is 0 Å². The molecule has 0 saturated carbocycles. The number of carbonyl (C=O) groups excluding carboxylic acids is 1. The van der Waals surface area contributed by atoms with Crippen LogP contribution in [0.4, 0.5) is 28.8 Å². The highest BCUT2D eigenvalue weighted by atomic mass is 16.1. The molecule has 1 amide bonds. The van der Waals surface area contributed by atoms with E-state index in [1.165, 1.54) is 6.08 Å². The minimum absolute atomic E-state index is 0.184. The third-order valence-corrected chi connectivity index (χ3v) is 5.04. The lowest BCUT2D eigenvalue weighted by Gasteiger charge is -2.11. The fourth-order valence-corrected chi connectivity index (χ4v) is 3.34. The van der Waals surface area contributed by atoms with Gasteiger partial charge in [-0.1, -0.05) is 24.3 Å². The summed E-state index contributed by atoms with van der Waals surface area (Å²) < 4.78 is 0. The third kappa shape index (κ3) is 6.26. The summed E-state index contributed by atoms with van der Waals surface area (Å²) in [4.78, 5) is 25.5. The van der Waals surface area contributed by atoms with Gasteiger partial charge in [0, 0.05) is 29.7 Å². The van der Waals surface area contributed by atoms with Crippen LogP contribution in [0.2, 0.25) is 0 Å². The Morgan fingerprint density at radius 3 is 2.24 bits per heavy atom. The molecule has 4 aromatic rings. The Hall–Kier alpha value is -4.52. The first kappa shape index (κ1) is 22.7. The van der Waals surface area contributed by atoms with Crippen molar-refractivity contribution in [3.8, 4) is 0 Å². The number of hydrogen-bond donors (Lipinski definition) is 3. The molecule has 0 fully saturated rings. The second kappa shape index (κ2) is 10.4. The van der Waals surface area contributed by atoms with E-state index in [0.29, 0.717) is 23.1 Å². The van der Waals surface area contributed by atoms with Crippen molar-refractivity contribution < 1.29 is 4.79 Å². The molecule has 4 rings (SSSR count). The zero-order chi connectivity index (χ0) is 23.9. The van der Waals surface area contributed by atoms with Crippen LogP contribution in [0, 0.1) is 20.8 Å². The predicted octanol–water partition coefficient (Wildman–Crippen LogP) is 5.94. The number of aryl methyl sites for hydroxylation is 3. The molecule has 0 saturated heterocycles. The molecule has 3 N–H and O–H groups in total. The fraction of sp³-hybridized carbons (Fsp3) is 0.111. The molecule has 0 aliphatic carbocycles. The van der Waals surface area contributed by atoms with Crippen molar-refractivity contribution in [3.05, 3.63) is 102 Å². The molecule has 0 bridgehead atoms. The number of benzene rings is 2. The van der Waals surface area contributed by atoms with Gasteiger partial charge in [-0.2, -0.15) is 0 Å². The van der Waals surface area contributed by atoms with Crippen molar-refractivity contribution in [2.45, 2.75) is 20.8 Å². The fourth-order valence-electron chi connectivity index (χ4n) is 3.34. The van der Waals surface area contributed by atoms with Gasteiger partial charge in [-0.25, -0.2) is 15.0 Å². The highest BCUT2D eigenvalue weighted by Gasteiger charge is 2.05. The molecule has 7 heteroatoms. The van der Waals surface area contributed by atoms with Gasteiger partial charge in [-0.3, -0.25) is 4.79 Å². The number of amides is 1. The van der Waals surface area contributed by atoms with E-state index in [9.17, 15) is 4.79 Å². The zero-order valence-corrected chi connectivity index (χ0v) is 19.3. The Balaban J connectivity index is 1.39. The van der Waals surface area contributed by atoms with Crippen LogP contribution in [-0.4, -0.2) is 20.9 Å². The predicted molar refractivity (Wildman–Crippen MR) is 138 cm³/mol. The molecule has 2 heterocycles. The van der Waals surface area contributed by atoms with E-state index in [2.05, 4.69) is 30.9 Å². The van der Waals surface area contributed by atoms with E-state index in [-0.39, 0.29) is 5.91 Å². The van der Waals surface area contributed by atoms with Crippen LogP contribution in [0.3, 0.4) is 0 Å². The number of rotatable bonds is 7. The highest BCUT2D eigenvalue weighted by molar-refractivity contribution is 6.02. The largest absolute Gasteiger partial charge is 0.340 e. The Kier molecular flexibility index (Phi) is 6.93. The Bertz CT molecular complexity index is 1330. The minimum atomic E-state index is -0.184. The maximum atomic E-state index is 12.3. The number of nitrogens with zero attached hydrogens (tertiary/aromatic N) is 3.